The number of carbonyl (C=O) groups excluding carboxylic acids is 1. The molecule has 0 aliphatic carbocycles. The van der Waals surface area contributed by atoms with Gasteiger partial charge in [0.25, 0.3) is 0 Å². The monoisotopic (exact) mass is 269 g/mol. The van der Waals surface area contributed by atoms with Crippen LogP contribution in [0, 0.1) is 5.92 Å². The van der Waals surface area contributed by atoms with Crippen molar-refractivity contribution in [2.75, 3.05) is 19.6 Å². The van der Waals surface area contributed by atoms with Gasteiger partial charge in [0.1, 0.15) is 0 Å². The van der Waals surface area contributed by atoms with Gasteiger partial charge in [-0.2, -0.15) is 0 Å². The van der Waals surface area contributed by atoms with Crippen molar-refractivity contribution in [2.45, 2.75) is 65.6 Å². The van der Waals surface area contributed by atoms with Crippen molar-refractivity contribution in [1.82, 2.24) is 15.5 Å². The van der Waals surface area contributed by atoms with Crippen LogP contribution in [0.1, 0.15) is 47.5 Å². The number of rotatable bonds is 6. The van der Waals surface area contributed by atoms with Gasteiger partial charge in [-0.05, 0) is 52.6 Å². The second-order valence-corrected chi connectivity index (χ2v) is 6.41. The Hall–Kier alpha value is -0.610. The van der Waals surface area contributed by atoms with Crippen LogP contribution in [0.25, 0.3) is 0 Å². The van der Waals surface area contributed by atoms with Gasteiger partial charge in [-0.25, -0.2) is 0 Å². The van der Waals surface area contributed by atoms with Gasteiger partial charge in [0.2, 0.25) is 5.91 Å². The fraction of sp³-hybridized carbons (Fsp3) is 0.933. The van der Waals surface area contributed by atoms with E-state index in [1.54, 1.807) is 0 Å². The van der Waals surface area contributed by atoms with E-state index < -0.39 is 0 Å². The van der Waals surface area contributed by atoms with Gasteiger partial charge in [-0.1, -0.05) is 13.8 Å². The molecule has 0 radical (unpaired) electrons. The molecule has 19 heavy (non-hydrogen) atoms. The largest absolute Gasteiger partial charge is 0.353 e. The standard InChI is InChI=1S/C15H31N3O/c1-11(2)16-9-14-7-6-8-18(10-14)13(5)15(19)17-12(3)4/h11-14,16H,6-10H2,1-5H3,(H,17,19). The summed E-state index contributed by atoms with van der Waals surface area (Å²) in [6.45, 7) is 13.5. The molecule has 0 aromatic carbocycles. The third-order valence-electron chi connectivity index (χ3n) is 3.72. The second-order valence-electron chi connectivity index (χ2n) is 6.41. The Morgan fingerprint density at radius 3 is 2.47 bits per heavy atom. The Morgan fingerprint density at radius 2 is 1.89 bits per heavy atom. The molecule has 1 amide bonds. The Kier molecular flexibility index (Phi) is 6.80. The van der Waals surface area contributed by atoms with Crippen LogP contribution < -0.4 is 10.6 Å². The Bertz CT molecular complexity index is 279. The van der Waals surface area contributed by atoms with Crippen LogP contribution in [-0.4, -0.2) is 48.6 Å². The summed E-state index contributed by atoms with van der Waals surface area (Å²) in [4.78, 5) is 14.4. The molecule has 1 fully saturated rings. The van der Waals surface area contributed by atoms with E-state index in [9.17, 15) is 4.79 Å². The molecule has 0 bridgehead atoms. The minimum absolute atomic E-state index is 0.00995. The number of nitrogens with zero attached hydrogens (tertiary/aromatic N) is 1. The average Bonchev–Trinajstić information content (AvgIpc) is 2.35. The number of carbonyl (C=O) groups is 1. The lowest BCUT2D eigenvalue weighted by Crippen LogP contribution is -2.51. The molecule has 1 heterocycles. The third-order valence-corrected chi connectivity index (χ3v) is 3.72. The molecular weight excluding hydrogens is 238 g/mol. The maximum absolute atomic E-state index is 12.1. The molecule has 2 atom stereocenters. The predicted molar refractivity (Wildman–Crippen MR) is 80.2 cm³/mol. The fourth-order valence-electron chi connectivity index (χ4n) is 2.59. The molecule has 4 heteroatoms. The van der Waals surface area contributed by atoms with Crippen molar-refractivity contribution in [3.05, 3.63) is 0 Å². The molecule has 0 spiro atoms. The summed E-state index contributed by atoms with van der Waals surface area (Å²) in [7, 11) is 0. The number of nitrogens with one attached hydrogen (secondary N) is 2. The van der Waals surface area contributed by atoms with E-state index in [2.05, 4.69) is 29.4 Å². The molecular formula is C15H31N3O. The summed E-state index contributed by atoms with van der Waals surface area (Å²) >= 11 is 0. The SMILES string of the molecule is CC(C)NCC1CCCN(C(C)C(=O)NC(C)C)C1. The van der Waals surface area contributed by atoms with Crippen molar-refractivity contribution in [1.29, 1.82) is 0 Å². The number of hydrogen-bond acceptors (Lipinski definition) is 3. The van der Waals surface area contributed by atoms with Crippen LogP contribution in [0.4, 0.5) is 0 Å². The maximum atomic E-state index is 12.1. The minimum Gasteiger partial charge on any atom is -0.353 e. The van der Waals surface area contributed by atoms with E-state index in [-0.39, 0.29) is 18.0 Å². The van der Waals surface area contributed by atoms with Gasteiger partial charge in [0, 0.05) is 18.6 Å². The molecule has 0 saturated carbocycles. The number of piperidine rings is 1. The smallest absolute Gasteiger partial charge is 0.237 e. The van der Waals surface area contributed by atoms with Gasteiger partial charge in [0.05, 0.1) is 6.04 Å². The maximum Gasteiger partial charge on any atom is 0.237 e. The summed E-state index contributed by atoms with van der Waals surface area (Å²) in [6, 6.07) is 0.749. The Morgan fingerprint density at radius 1 is 1.21 bits per heavy atom. The average molecular weight is 269 g/mol. The highest BCUT2D eigenvalue weighted by atomic mass is 16.2. The highest BCUT2D eigenvalue weighted by molar-refractivity contribution is 5.81. The number of amides is 1. The Labute approximate surface area is 118 Å². The highest BCUT2D eigenvalue weighted by Gasteiger charge is 2.27. The van der Waals surface area contributed by atoms with E-state index in [0.717, 1.165) is 19.6 Å². The Balaban J connectivity index is 2.42. The summed E-state index contributed by atoms with van der Waals surface area (Å²) in [5.41, 5.74) is 0. The first-order valence-electron chi connectivity index (χ1n) is 7.68. The molecule has 0 aromatic heterocycles. The summed E-state index contributed by atoms with van der Waals surface area (Å²) < 4.78 is 0. The van der Waals surface area contributed by atoms with E-state index in [4.69, 9.17) is 0 Å². The number of hydrogen-bond donors (Lipinski definition) is 2. The van der Waals surface area contributed by atoms with Gasteiger partial charge in [0.15, 0.2) is 0 Å². The van der Waals surface area contributed by atoms with Crippen molar-refractivity contribution in [2.24, 2.45) is 5.92 Å². The van der Waals surface area contributed by atoms with Crippen molar-refractivity contribution in [3.63, 3.8) is 0 Å². The summed E-state index contributed by atoms with van der Waals surface area (Å²) in [6.07, 6.45) is 2.47. The molecule has 1 aliphatic heterocycles. The molecule has 1 saturated heterocycles. The zero-order valence-electron chi connectivity index (χ0n) is 13.2. The van der Waals surface area contributed by atoms with Crippen LogP contribution in [0.3, 0.4) is 0 Å². The molecule has 1 rings (SSSR count). The van der Waals surface area contributed by atoms with Crippen LogP contribution in [0.5, 0.6) is 0 Å². The highest BCUT2D eigenvalue weighted by Crippen LogP contribution is 2.18. The van der Waals surface area contributed by atoms with Crippen LogP contribution >= 0.6 is 0 Å². The van der Waals surface area contributed by atoms with Gasteiger partial charge < -0.3 is 10.6 Å². The molecule has 0 aromatic rings. The predicted octanol–water partition coefficient (Wildman–Crippen LogP) is 1.61. The first-order valence-corrected chi connectivity index (χ1v) is 7.68. The first kappa shape index (κ1) is 16.4. The lowest BCUT2D eigenvalue weighted by Gasteiger charge is -2.36. The molecule has 2 N–H and O–H groups in total. The van der Waals surface area contributed by atoms with Gasteiger partial charge in [-0.3, -0.25) is 9.69 Å². The molecule has 1 aliphatic rings. The molecule has 2 unspecified atom stereocenters. The molecule has 4 nitrogen and oxygen atoms in total. The quantitative estimate of drug-likeness (QED) is 0.770. The van der Waals surface area contributed by atoms with E-state index >= 15 is 0 Å². The minimum atomic E-state index is -0.00995. The summed E-state index contributed by atoms with van der Waals surface area (Å²) in [5, 5.41) is 6.52. The number of likely N-dealkylation sites (tertiary alicyclic amines) is 1. The summed E-state index contributed by atoms with van der Waals surface area (Å²) in [5.74, 6) is 0.831. The lowest BCUT2D eigenvalue weighted by atomic mass is 9.96. The van der Waals surface area contributed by atoms with Crippen molar-refractivity contribution < 1.29 is 4.79 Å². The van der Waals surface area contributed by atoms with E-state index in [0.29, 0.717) is 12.0 Å². The zero-order valence-corrected chi connectivity index (χ0v) is 13.2. The van der Waals surface area contributed by atoms with Crippen LogP contribution in [0.2, 0.25) is 0 Å². The lowest BCUT2D eigenvalue weighted by molar-refractivity contribution is -0.127. The van der Waals surface area contributed by atoms with Crippen LogP contribution in [-0.2, 0) is 4.79 Å². The normalized spacial score (nSPS) is 22.8. The second kappa shape index (κ2) is 7.85. The fourth-order valence-corrected chi connectivity index (χ4v) is 2.59. The van der Waals surface area contributed by atoms with Crippen molar-refractivity contribution in [3.8, 4) is 0 Å². The van der Waals surface area contributed by atoms with E-state index in [1.807, 2.05) is 20.8 Å². The topological polar surface area (TPSA) is 44.4 Å². The van der Waals surface area contributed by atoms with Gasteiger partial charge in [-0.15, -0.1) is 0 Å². The van der Waals surface area contributed by atoms with E-state index in [1.165, 1.54) is 12.8 Å². The molecule has 112 valence electrons. The third kappa shape index (κ3) is 5.91. The van der Waals surface area contributed by atoms with Crippen LogP contribution in [0.15, 0.2) is 0 Å². The van der Waals surface area contributed by atoms with Crippen molar-refractivity contribution >= 4 is 5.91 Å². The first-order chi connectivity index (χ1) is 8.90. The van der Waals surface area contributed by atoms with Gasteiger partial charge >= 0.3 is 0 Å². The zero-order chi connectivity index (χ0) is 14.4.